The van der Waals surface area contributed by atoms with Crippen molar-refractivity contribution in [3.05, 3.63) is 109 Å². The maximum Gasteiger partial charge on any atom is 0.254 e. The molecule has 2 atom stereocenters. The largest absolute Gasteiger partial charge is 0.378 e. The van der Waals surface area contributed by atoms with E-state index in [0.29, 0.717) is 48.6 Å². The van der Waals surface area contributed by atoms with Gasteiger partial charge in [0.1, 0.15) is 11.9 Å². The third-order valence-corrected chi connectivity index (χ3v) is 6.49. The minimum Gasteiger partial charge on any atom is -0.378 e. The topological polar surface area (TPSA) is 81.0 Å². The van der Waals surface area contributed by atoms with Gasteiger partial charge in [0.05, 0.1) is 13.2 Å². The molecule has 0 radical (unpaired) electrons. The van der Waals surface area contributed by atoms with Crippen LogP contribution in [-0.2, 0) is 11.8 Å². The smallest absolute Gasteiger partial charge is 0.254 e. The van der Waals surface area contributed by atoms with Gasteiger partial charge >= 0.3 is 0 Å². The molecule has 2 heterocycles. The summed E-state index contributed by atoms with van der Waals surface area (Å²) in [7, 11) is 1.59. The summed E-state index contributed by atoms with van der Waals surface area (Å²) >= 11 is 5.98. The average Bonchev–Trinajstić information content (AvgIpc) is 2.87. The number of hydrogen-bond acceptors (Lipinski definition) is 5. The fourth-order valence-corrected chi connectivity index (χ4v) is 4.50. The minimum atomic E-state index is -0.847. The van der Waals surface area contributed by atoms with Gasteiger partial charge in [-0.1, -0.05) is 35.0 Å². The summed E-state index contributed by atoms with van der Waals surface area (Å²) in [6.07, 6.45) is 1.69. The van der Waals surface area contributed by atoms with E-state index >= 15 is 4.39 Å². The quantitative estimate of drug-likeness (QED) is 0.444. The highest BCUT2D eigenvalue weighted by molar-refractivity contribution is 6.30. The van der Waals surface area contributed by atoms with Gasteiger partial charge in [-0.15, -0.1) is 0 Å². The molecule has 0 N–H and O–H groups in total. The molecule has 1 saturated heterocycles. The van der Waals surface area contributed by atoms with Gasteiger partial charge in [0.15, 0.2) is 0 Å². The molecule has 0 bridgehead atoms. The Morgan fingerprint density at radius 3 is 2.57 bits per heavy atom. The Morgan fingerprint density at radius 2 is 1.89 bits per heavy atom. The molecule has 1 aliphatic heterocycles. The third kappa shape index (κ3) is 5.66. The van der Waals surface area contributed by atoms with Crippen LogP contribution in [0.15, 0.2) is 70.8 Å². The highest BCUT2D eigenvalue weighted by atomic mass is 35.5. The van der Waals surface area contributed by atoms with Crippen LogP contribution < -0.4 is 5.56 Å². The van der Waals surface area contributed by atoms with Crippen LogP contribution >= 0.6 is 11.6 Å². The molecule has 1 amide bonds. The normalized spacial score (nSPS) is 15.5. The summed E-state index contributed by atoms with van der Waals surface area (Å²) in [5.74, 6) is -1.24. The number of rotatable bonds is 7. The van der Waals surface area contributed by atoms with Crippen LogP contribution in [0.25, 0.3) is 0 Å². The Labute approximate surface area is 207 Å². The van der Waals surface area contributed by atoms with Crippen molar-refractivity contribution >= 4 is 17.5 Å². The molecule has 7 nitrogen and oxygen atoms in total. The summed E-state index contributed by atoms with van der Waals surface area (Å²) in [5, 5.41) is 3.55. The third-order valence-electron chi connectivity index (χ3n) is 6.25. The van der Waals surface area contributed by atoms with Crippen molar-refractivity contribution in [3.63, 3.8) is 0 Å². The fourth-order valence-electron chi connectivity index (χ4n) is 4.34. The number of nitroso groups, excluding NO2 is 1. The highest BCUT2D eigenvalue weighted by Crippen LogP contribution is 2.37. The predicted octanol–water partition coefficient (Wildman–Crippen LogP) is 4.68. The molecule has 0 spiro atoms. The number of halogens is 2. The van der Waals surface area contributed by atoms with Crippen molar-refractivity contribution in [2.45, 2.75) is 18.4 Å². The van der Waals surface area contributed by atoms with Crippen LogP contribution in [0, 0.1) is 10.7 Å². The van der Waals surface area contributed by atoms with Crippen LogP contribution in [0.4, 0.5) is 4.39 Å². The van der Waals surface area contributed by atoms with Crippen LogP contribution in [0.5, 0.6) is 0 Å². The predicted molar refractivity (Wildman–Crippen MR) is 131 cm³/mol. The van der Waals surface area contributed by atoms with Crippen molar-refractivity contribution in [1.29, 1.82) is 0 Å². The summed E-state index contributed by atoms with van der Waals surface area (Å²) in [6.45, 7) is 1.97. The van der Waals surface area contributed by atoms with Crippen LogP contribution in [0.3, 0.4) is 0 Å². The molecule has 9 heteroatoms. The van der Waals surface area contributed by atoms with Gasteiger partial charge in [-0.05, 0) is 53.4 Å². The molecule has 35 heavy (non-hydrogen) atoms. The number of morpholine rings is 1. The Kier molecular flexibility index (Phi) is 7.73. The van der Waals surface area contributed by atoms with Gasteiger partial charge < -0.3 is 14.2 Å². The first-order chi connectivity index (χ1) is 16.9. The fraction of sp³-hybridized carbons (Fsp3) is 0.308. The molecule has 3 aromatic rings. The number of aromatic nitrogens is 1. The Balaban J connectivity index is 1.73. The van der Waals surface area contributed by atoms with Crippen molar-refractivity contribution < 1.29 is 13.9 Å². The molecule has 4 rings (SSSR count). The first kappa shape index (κ1) is 24.8. The van der Waals surface area contributed by atoms with Crippen molar-refractivity contribution in [2.24, 2.45) is 12.2 Å². The zero-order valence-corrected chi connectivity index (χ0v) is 20.0. The van der Waals surface area contributed by atoms with Crippen molar-refractivity contribution in [2.75, 3.05) is 26.3 Å². The van der Waals surface area contributed by atoms with Crippen molar-refractivity contribution in [3.8, 4) is 0 Å². The molecule has 0 aliphatic carbocycles. The number of benzene rings is 2. The second-order valence-corrected chi connectivity index (χ2v) is 8.95. The maximum atomic E-state index is 15.1. The lowest BCUT2D eigenvalue weighted by Crippen LogP contribution is -2.40. The minimum absolute atomic E-state index is 0.131. The van der Waals surface area contributed by atoms with Gasteiger partial charge in [-0.3, -0.25) is 9.59 Å². The van der Waals surface area contributed by atoms with E-state index in [1.54, 1.807) is 60.6 Å². The molecule has 1 fully saturated rings. The molecule has 1 aliphatic rings. The second-order valence-electron chi connectivity index (χ2n) is 8.52. The first-order valence-corrected chi connectivity index (χ1v) is 11.7. The molecule has 1 aromatic heterocycles. The van der Waals surface area contributed by atoms with E-state index in [-0.39, 0.29) is 22.9 Å². The summed E-state index contributed by atoms with van der Waals surface area (Å²) < 4.78 is 21.8. The van der Waals surface area contributed by atoms with Crippen LogP contribution in [0.2, 0.25) is 5.02 Å². The lowest BCUT2D eigenvalue weighted by Gasteiger charge is -2.27. The number of nitrogens with zero attached hydrogens (tertiary/aromatic N) is 3. The molecular formula is C26H25ClFN3O4. The number of carbonyl (C=O) groups excluding carboxylic acids is 1. The summed E-state index contributed by atoms with van der Waals surface area (Å²) in [5.41, 5.74) is 1.81. The summed E-state index contributed by atoms with van der Waals surface area (Å²) in [6, 6.07) is 13.5. The van der Waals surface area contributed by atoms with E-state index in [1.807, 2.05) is 0 Å². The van der Waals surface area contributed by atoms with Gasteiger partial charge in [0.2, 0.25) is 5.56 Å². The van der Waals surface area contributed by atoms with Gasteiger partial charge in [0, 0.05) is 48.9 Å². The highest BCUT2D eigenvalue weighted by Gasteiger charge is 2.26. The summed E-state index contributed by atoms with van der Waals surface area (Å²) in [4.78, 5) is 38.5. The van der Waals surface area contributed by atoms with E-state index in [4.69, 9.17) is 16.3 Å². The van der Waals surface area contributed by atoms with E-state index < -0.39 is 17.8 Å². The Morgan fingerprint density at radius 1 is 1.11 bits per heavy atom. The number of aryl methyl sites for hydroxylation is 1. The van der Waals surface area contributed by atoms with Crippen molar-refractivity contribution in [1.82, 2.24) is 9.47 Å². The Bertz CT molecular complexity index is 1290. The SMILES string of the molecule is Cn1cc(C(CC(c2cccc(C(=O)N3CCOCC3)c2)c2ccc(Cl)cc2F)N=O)ccc1=O. The lowest BCUT2D eigenvalue weighted by molar-refractivity contribution is 0.0303. The average molecular weight is 498 g/mol. The molecule has 2 unspecified atom stereocenters. The van der Waals surface area contributed by atoms with Gasteiger partial charge in [-0.2, -0.15) is 4.91 Å². The number of amides is 1. The monoisotopic (exact) mass is 497 g/mol. The van der Waals surface area contributed by atoms with E-state index in [1.165, 1.54) is 16.7 Å². The molecule has 2 aromatic carbocycles. The van der Waals surface area contributed by atoms with E-state index in [9.17, 15) is 14.5 Å². The second kappa shape index (κ2) is 10.9. The zero-order chi connectivity index (χ0) is 24.9. The number of hydrogen-bond donors (Lipinski definition) is 0. The molecule has 0 saturated carbocycles. The maximum absolute atomic E-state index is 15.1. The molecule has 182 valence electrons. The van der Waals surface area contributed by atoms with E-state index in [0.717, 1.165) is 0 Å². The van der Waals surface area contributed by atoms with Crippen LogP contribution in [0.1, 0.15) is 45.4 Å². The molecular weight excluding hydrogens is 473 g/mol. The lowest BCUT2D eigenvalue weighted by atomic mass is 9.83. The van der Waals surface area contributed by atoms with Crippen LogP contribution in [-0.4, -0.2) is 41.7 Å². The Hall–Kier alpha value is -3.36. The van der Waals surface area contributed by atoms with Gasteiger partial charge in [0.25, 0.3) is 5.91 Å². The number of carbonyl (C=O) groups is 1. The standard InChI is InChI=1S/C26H25ClFN3O4/c1-30-16-19(5-8-25(30)32)24(29-34)15-22(21-7-6-20(27)14-23(21)28)17-3-2-4-18(13-17)26(33)31-9-11-35-12-10-31/h2-8,13-14,16,22,24H,9-12,15H2,1H3. The zero-order valence-electron chi connectivity index (χ0n) is 19.2. The van der Waals surface area contributed by atoms with Gasteiger partial charge in [-0.25, -0.2) is 4.39 Å². The van der Waals surface area contributed by atoms with E-state index in [2.05, 4.69) is 5.18 Å². The number of ether oxygens (including phenoxy) is 1. The first-order valence-electron chi connectivity index (χ1n) is 11.3. The number of pyridine rings is 1.